The van der Waals surface area contributed by atoms with E-state index in [9.17, 15) is 17.6 Å². The molecule has 3 aromatic rings. The number of piperazine rings is 1. The average Bonchev–Trinajstić information content (AvgIpc) is 2.85. The maximum absolute atomic E-state index is 14.4. The van der Waals surface area contributed by atoms with Crippen molar-refractivity contribution in [2.75, 3.05) is 43.5 Å². The number of amides is 1. The minimum Gasteiger partial charge on any atom is -0.495 e. The zero-order chi connectivity index (χ0) is 24.3. The van der Waals surface area contributed by atoms with Crippen LogP contribution in [0.25, 0.3) is 0 Å². The SMILES string of the molecule is COc1ccccc1N1CCN(S(=O)(=O)c2ccc(F)c(C(=O)Nc3ccccc3Cl)c2)CC1. The van der Waals surface area contributed by atoms with Gasteiger partial charge in [0.15, 0.2) is 0 Å². The zero-order valence-electron chi connectivity index (χ0n) is 18.4. The van der Waals surface area contributed by atoms with Gasteiger partial charge in [0.2, 0.25) is 10.0 Å². The standard InChI is InChI=1S/C24H23ClFN3O4S/c1-33-23-9-5-4-8-22(23)28-12-14-29(15-13-28)34(31,32)17-10-11-20(26)18(16-17)24(30)27-21-7-3-2-6-19(21)25/h2-11,16H,12-15H2,1H3,(H,27,30). The van der Waals surface area contributed by atoms with E-state index >= 15 is 0 Å². The number of carbonyl (C=O) groups excluding carboxylic acids is 1. The Morgan fingerprint density at radius 1 is 1.00 bits per heavy atom. The first-order valence-electron chi connectivity index (χ1n) is 10.5. The summed E-state index contributed by atoms with van der Waals surface area (Å²) < 4.78 is 47.7. The molecule has 4 rings (SSSR count). The molecule has 1 saturated heterocycles. The number of methoxy groups -OCH3 is 1. The molecule has 0 saturated carbocycles. The van der Waals surface area contributed by atoms with Gasteiger partial charge < -0.3 is 15.0 Å². The monoisotopic (exact) mass is 503 g/mol. The van der Waals surface area contributed by atoms with Gasteiger partial charge in [-0.3, -0.25) is 4.79 Å². The van der Waals surface area contributed by atoms with Crippen LogP contribution in [-0.4, -0.2) is 51.9 Å². The summed E-state index contributed by atoms with van der Waals surface area (Å²) >= 11 is 6.05. The predicted molar refractivity (Wildman–Crippen MR) is 130 cm³/mol. The summed E-state index contributed by atoms with van der Waals surface area (Å²) in [7, 11) is -2.34. The van der Waals surface area contributed by atoms with Crippen molar-refractivity contribution in [3.63, 3.8) is 0 Å². The summed E-state index contributed by atoms with van der Waals surface area (Å²) in [5, 5.41) is 2.81. The summed E-state index contributed by atoms with van der Waals surface area (Å²) in [6.45, 7) is 1.39. The van der Waals surface area contributed by atoms with Crippen LogP contribution in [0, 0.1) is 5.82 Å². The largest absolute Gasteiger partial charge is 0.495 e. The Labute approximate surface area is 202 Å². The summed E-state index contributed by atoms with van der Waals surface area (Å²) in [6, 6.07) is 17.3. The zero-order valence-corrected chi connectivity index (χ0v) is 19.9. The average molecular weight is 504 g/mol. The highest BCUT2D eigenvalue weighted by Crippen LogP contribution is 2.30. The molecule has 1 heterocycles. The molecular formula is C24H23ClFN3O4S. The molecule has 0 aliphatic carbocycles. The van der Waals surface area contributed by atoms with Gasteiger partial charge in [0.05, 0.1) is 34.0 Å². The van der Waals surface area contributed by atoms with E-state index in [0.717, 1.165) is 17.8 Å². The molecule has 10 heteroatoms. The number of carbonyl (C=O) groups is 1. The number of hydrogen-bond donors (Lipinski definition) is 1. The Balaban J connectivity index is 1.52. The van der Waals surface area contributed by atoms with E-state index in [0.29, 0.717) is 24.5 Å². The molecule has 34 heavy (non-hydrogen) atoms. The number of anilines is 2. The lowest BCUT2D eigenvalue weighted by atomic mass is 10.2. The third-order valence-corrected chi connectivity index (χ3v) is 7.83. The van der Waals surface area contributed by atoms with Crippen LogP contribution in [0.3, 0.4) is 0 Å². The van der Waals surface area contributed by atoms with E-state index in [1.165, 1.54) is 10.4 Å². The molecular weight excluding hydrogens is 481 g/mol. The van der Waals surface area contributed by atoms with E-state index in [4.69, 9.17) is 16.3 Å². The summed E-state index contributed by atoms with van der Waals surface area (Å²) in [4.78, 5) is 14.6. The molecule has 3 aromatic carbocycles. The highest BCUT2D eigenvalue weighted by atomic mass is 35.5. The smallest absolute Gasteiger partial charge is 0.258 e. The van der Waals surface area contributed by atoms with Gasteiger partial charge in [0.25, 0.3) is 5.91 Å². The fraction of sp³-hybridized carbons (Fsp3) is 0.208. The van der Waals surface area contributed by atoms with Gasteiger partial charge in [0.1, 0.15) is 11.6 Å². The number of hydrogen-bond acceptors (Lipinski definition) is 5. The molecule has 1 amide bonds. The summed E-state index contributed by atoms with van der Waals surface area (Å²) in [6.07, 6.45) is 0. The predicted octanol–water partition coefficient (Wildman–Crippen LogP) is 4.25. The Kier molecular flexibility index (Phi) is 7.06. The van der Waals surface area contributed by atoms with Crippen LogP contribution in [0.1, 0.15) is 10.4 Å². The summed E-state index contributed by atoms with van der Waals surface area (Å²) in [5.74, 6) is -0.903. The number of rotatable bonds is 6. The molecule has 0 bridgehead atoms. The fourth-order valence-corrected chi connectivity index (χ4v) is 5.43. The molecule has 1 N–H and O–H groups in total. The Hall–Kier alpha value is -3.14. The van der Waals surface area contributed by atoms with Gasteiger partial charge >= 0.3 is 0 Å². The molecule has 0 spiro atoms. The van der Waals surface area contributed by atoms with Gasteiger partial charge in [-0.1, -0.05) is 35.9 Å². The number of nitrogens with zero attached hydrogens (tertiary/aromatic N) is 2. The van der Waals surface area contributed by atoms with Crippen molar-refractivity contribution < 1.29 is 22.3 Å². The molecule has 0 aromatic heterocycles. The number of sulfonamides is 1. The normalized spacial score (nSPS) is 14.6. The molecule has 178 valence electrons. The topological polar surface area (TPSA) is 79.0 Å². The lowest BCUT2D eigenvalue weighted by Gasteiger charge is -2.36. The molecule has 1 fully saturated rings. The van der Waals surface area contributed by atoms with Gasteiger partial charge in [-0.15, -0.1) is 0 Å². The second-order valence-electron chi connectivity index (χ2n) is 7.64. The first kappa shape index (κ1) is 24.0. The van der Waals surface area contributed by atoms with Crippen molar-refractivity contribution in [2.24, 2.45) is 0 Å². The molecule has 0 radical (unpaired) electrons. The Morgan fingerprint density at radius 3 is 2.38 bits per heavy atom. The maximum atomic E-state index is 14.4. The van der Waals surface area contributed by atoms with E-state index in [-0.39, 0.29) is 28.6 Å². The number of nitrogens with one attached hydrogen (secondary N) is 1. The third-order valence-electron chi connectivity index (χ3n) is 5.61. The molecule has 0 atom stereocenters. The van der Waals surface area contributed by atoms with Crippen molar-refractivity contribution in [1.29, 1.82) is 0 Å². The van der Waals surface area contributed by atoms with Gasteiger partial charge in [-0.2, -0.15) is 4.31 Å². The molecule has 7 nitrogen and oxygen atoms in total. The molecule has 1 aliphatic rings. The van der Waals surface area contributed by atoms with Crippen LogP contribution >= 0.6 is 11.6 Å². The number of halogens is 2. The van der Waals surface area contributed by atoms with Crippen molar-refractivity contribution in [2.45, 2.75) is 4.90 Å². The molecule has 1 aliphatic heterocycles. The van der Waals surface area contributed by atoms with Crippen molar-refractivity contribution in [3.05, 3.63) is 83.1 Å². The number of benzene rings is 3. The summed E-state index contributed by atoms with van der Waals surface area (Å²) in [5.41, 5.74) is 0.810. The van der Waals surface area contributed by atoms with Crippen LogP contribution < -0.4 is 15.0 Å². The second kappa shape index (κ2) is 10.0. The first-order chi connectivity index (χ1) is 16.3. The maximum Gasteiger partial charge on any atom is 0.258 e. The molecule has 0 unspecified atom stereocenters. The van der Waals surface area contributed by atoms with Gasteiger partial charge in [-0.05, 0) is 42.5 Å². The highest BCUT2D eigenvalue weighted by molar-refractivity contribution is 7.89. The van der Waals surface area contributed by atoms with Crippen molar-refractivity contribution in [1.82, 2.24) is 4.31 Å². The van der Waals surface area contributed by atoms with Crippen LogP contribution in [0.15, 0.2) is 71.6 Å². The van der Waals surface area contributed by atoms with E-state index in [1.54, 1.807) is 31.4 Å². The van der Waals surface area contributed by atoms with Gasteiger partial charge in [0, 0.05) is 26.2 Å². The Bertz CT molecular complexity index is 1310. The Morgan fingerprint density at radius 2 is 1.68 bits per heavy atom. The first-order valence-corrected chi connectivity index (χ1v) is 12.4. The van der Waals surface area contributed by atoms with Crippen molar-refractivity contribution in [3.8, 4) is 5.75 Å². The number of para-hydroxylation sites is 3. The van der Waals surface area contributed by atoms with Crippen LogP contribution in [0.4, 0.5) is 15.8 Å². The highest BCUT2D eigenvalue weighted by Gasteiger charge is 2.30. The number of ether oxygens (including phenoxy) is 1. The van der Waals surface area contributed by atoms with Crippen LogP contribution in [-0.2, 0) is 10.0 Å². The minimum atomic E-state index is -3.93. The van der Waals surface area contributed by atoms with Crippen LogP contribution in [0.2, 0.25) is 5.02 Å². The van der Waals surface area contributed by atoms with E-state index < -0.39 is 21.7 Å². The van der Waals surface area contributed by atoms with Gasteiger partial charge in [-0.25, -0.2) is 12.8 Å². The minimum absolute atomic E-state index is 0.149. The lowest BCUT2D eigenvalue weighted by molar-refractivity contribution is 0.102. The van der Waals surface area contributed by atoms with E-state index in [1.807, 2.05) is 24.3 Å². The van der Waals surface area contributed by atoms with Crippen molar-refractivity contribution >= 4 is 38.9 Å². The van der Waals surface area contributed by atoms with E-state index in [2.05, 4.69) is 10.2 Å². The second-order valence-corrected chi connectivity index (χ2v) is 9.98. The fourth-order valence-electron chi connectivity index (χ4n) is 3.80. The lowest BCUT2D eigenvalue weighted by Crippen LogP contribution is -2.48. The quantitative estimate of drug-likeness (QED) is 0.544. The third kappa shape index (κ3) is 4.86. The van der Waals surface area contributed by atoms with Crippen LogP contribution in [0.5, 0.6) is 5.75 Å².